The minimum absolute atomic E-state index is 0.352. The third-order valence-corrected chi connectivity index (χ3v) is 1.30. The minimum Gasteiger partial charge on any atom is -0.378 e. The van der Waals surface area contributed by atoms with Crippen molar-refractivity contribution < 1.29 is 5.11 Å². The van der Waals surface area contributed by atoms with E-state index in [-0.39, 0.29) is 0 Å². The Hall–Kier alpha value is -1.40. The van der Waals surface area contributed by atoms with Crippen LogP contribution in [0.4, 0.5) is 0 Å². The predicted molar refractivity (Wildman–Crippen MR) is 39.6 cm³/mol. The summed E-state index contributed by atoms with van der Waals surface area (Å²) in [6.07, 6.45) is 2.73. The van der Waals surface area contributed by atoms with Gasteiger partial charge in [-0.3, -0.25) is 4.98 Å². The first-order valence-corrected chi connectivity index (χ1v) is 3.29. The Balaban J connectivity index is 2.60. The summed E-state index contributed by atoms with van der Waals surface area (Å²) in [7, 11) is 0. The lowest BCUT2D eigenvalue weighted by Gasteiger charge is -1.99. The van der Waals surface area contributed by atoms with Gasteiger partial charge in [-0.1, -0.05) is 6.07 Å². The molecule has 0 fully saturated rings. The molecule has 1 N–H and O–H groups in total. The summed E-state index contributed by atoms with van der Waals surface area (Å²) in [5.41, 5.74) is 0.876. The van der Waals surface area contributed by atoms with Crippen LogP contribution in [0.2, 0.25) is 0 Å². The average Bonchev–Trinajstić information content (AvgIpc) is 2.06. The van der Waals surface area contributed by atoms with Gasteiger partial charge in [0, 0.05) is 18.8 Å². The maximum Gasteiger partial charge on any atom is 0.144 e. The van der Waals surface area contributed by atoms with E-state index in [1.54, 1.807) is 24.5 Å². The molecule has 0 aliphatic heterocycles. The minimum atomic E-state index is -0.917. The van der Waals surface area contributed by atoms with Gasteiger partial charge in [0.05, 0.1) is 6.07 Å². The van der Waals surface area contributed by atoms with Crippen molar-refractivity contribution >= 4 is 0 Å². The fraction of sp³-hybridized carbons (Fsp3) is 0.250. The fourth-order valence-corrected chi connectivity index (χ4v) is 0.788. The predicted octanol–water partition coefficient (Wildman–Crippen LogP) is 0.509. The molecular weight excluding hydrogens is 140 g/mol. The van der Waals surface area contributed by atoms with Crippen LogP contribution in [0.15, 0.2) is 24.5 Å². The van der Waals surface area contributed by atoms with Crippen molar-refractivity contribution in [2.24, 2.45) is 0 Å². The first-order valence-electron chi connectivity index (χ1n) is 3.29. The van der Waals surface area contributed by atoms with Crippen LogP contribution in [-0.4, -0.2) is 16.2 Å². The highest BCUT2D eigenvalue weighted by Crippen LogP contribution is 1.99. The van der Waals surface area contributed by atoms with Crippen LogP contribution in [0.25, 0.3) is 0 Å². The zero-order valence-corrected chi connectivity index (χ0v) is 5.94. The number of nitriles is 1. The Kier molecular flexibility index (Phi) is 2.59. The largest absolute Gasteiger partial charge is 0.378 e. The molecule has 0 aliphatic rings. The molecule has 1 heterocycles. The van der Waals surface area contributed by atoms with Gasteiger partial charge in [0.15, 0.2) is 0 Å². The van der Waals surface area contributed by atoms with E-state index in [0.717, 1.165) is 5.56 Å². The second-order valence-corrected chi connectivity index (χ2v) is 2.21. The van der Waals surface area contributed by atoms with Crippen LogP contribution < -0.4 is 0 Å². The lowest BCUT2D eigenvalue weighted by Crippen LogP contribution is -2.06. The lowest BCUT2D eigenvalue weighted by atomic mass is 10.1. The quantitative estimate of drug-likeness (QED) is 0.621. The Morgan fingerprint density at radius 2 is 2.55 bits per heavy atom. The highest BCUT2D eigenvalue weighted by Gasteiger charge is 2.01. The van der Waals surface area contributed by atoms with E-state index in [4.69, 9.17) is 10.4 Å². The summed E-state index contributed by atoms with van der Waals surface area (Å²) in [6, 6.07) is 5.35. The lowest BCUT2D eigenvalue weighted by molar-refractivity contribution is 0.231. The van der Waals surface area contributed by atoms with Gasteiger partial charge in [0.2, 0.25) is 0 Å². The van der Waals surface area contributed by atoms with Gasteiger partial charge in [-0.05, 0) is 11.6 Å². The number of pyridine rings is 1. The van der Waals surface area contributed by atoms with E-state index in [2.05, 4.69) is 4.98 Å². The normalized spacial score (nSPS) is 12.0. The molecule has 1 aromatic rings. The van der Waals surface area contributed by atoms with Gasteiger partial charge in [-0.2, -0.15) is 5.26 Å². The molecule has 3 nitrogen and oxygen atoms in total. The third kappa shape index (κ3) is 2.36. The molecule has 56 valence electrons. The third-order valence-electron chi connectivity index (χ3n) is 1.30. The van der Waals surface area contributed by atoms with Crippen LogP contribution in [-0.2, 0) is 6.42 Å². The number of aliphatic hydroxyl groups excluding tert-OH is 1. The van der Waals surface area contributed by atoms with Gasteiger partial charge in [-0.15, -0.1) is 0 Å². The second-order valence-electron chi connectivity index (χ2n) is 2.21. The van der Waals surface area contributed by atoms with Crippen LogP contribution in [0.5, 0.6) is 0 Å². The highest BCUT2D eigenvalue weighted by atomic mass is 16.3. The van der Waals surface area contributed by atoms with E-state index in [9.17, 15) is 0 Å². The average molecular weight is 148 g/mol. The number of aliphatic hydroxyl groups is 1. The number of hydrogen-bond acceptors (Lipinski definition) is 3. The van der Waals surface area contributed by atoms with Crippen molar-refractivity contribution in [3.8, 4) is 6.07 Å². The summed E-state index contributed by atoms with van der Waals surface area (Å²) < 4.78 is 0. The Morgan fingerprint density at radius 1 is 1.73 bits per heavy atom. The molecule has 1 rings (SSSR count). The summed E-state index contributed by atoms with van der Waals surface area (Å²) in [4.78, 5) is 3.85. The van der Waals surface area contributed by atoms with Gasteiger partial charge in [0.25, 0.3) is 0 Å². The molecule has 1 atom stereocenters. The van der Waals surface area contributed by atoms with Crippen molar-refractivity contribution in [3.05, 3.63) is 30.1 Å². The van der Waals surface area contributed by atoms with Crippen LogP contribution in [0.1, 0.15) is 5.56 Å². The van der Waals surface area contributed by atoms with Gasteiger partial charge in [0.1, 0.15) is 6.10 Å². The molecule has 0 bridgehead atoms. The molecule has 0 saturated carbocycles. The Morgan fingerprint density at radius 3 is 3.09 bits per heavy atom. The van der Waals surface area contributed by atoms with Crippen molar-refractivity contribution in [2.45, 2.75) is 12.5 Å². The Labute approximate surface area is 64.9 Å². The van der Waals surface area contributed by atoms with Crippen molar-refractivity contribution in [1.82, 2.24) is 4.98 Å². The standard InChI is InChI=1S/C8H8N2O/c9-5-8(11)4-7-2-1-3-10-6-7/h1-3,6,8,11H,4H2. The number of nitrogens with zero attached hydrogens (tertiary/aromatic N) is 2. The molecule has 0 spiro atoms. The van der Waals surface area contributed by atoms with Crippen LogP contribution in [0.3, 0.4) is 0 Å². The maximum atomic E-state index is 8.92. The van der Waals surface area contributed by atoms with Crippen molar-refractivity contribution in [1.29, 1.82) is 5.26 Å². The molecule has 3 heteroatoms. The van der Waals surface area contributed by atoms with Crippen molar-refractivity contribution in [2.75, 3.05) is 0 Å². The highest BCUT2D eigenvalue weighted by molar-refractivity contribution is 5.11. The molecule has 0 saturated heterocycles. The second kappa shape index (κ2) is 3.69. The molecule has 0 aromatic carbocycles. The fourth-order valence-electron chi connectivity index (χ4n) is 0.788. The van der Waals surface area contributed by atoms with Gasteiger partial charge < -0.3 is 5.11 Å². The number of aromatic nitrogens is 1. The van der Waals surface area contributed by atoms with Crippen LogP contribution >= 0.6 is 0 Å². The summed E-state index contributed by atoms with van der Waals surface area (Å²) in [5, 5.41) is 17.2. The van der Waals surface area contributed by atoms with Crippen molar-refractivity contribution in [3.63, 3.8) is 0 Å². The SMILES string of the molecule is N#CC(O)Cc1cccnc1. The zero-order chi connectivity index (χ0) is 8.10. The van der Waals surface area contributed by atoms with Gasteiger partial charge >= 0.3 is 0 Å². The van der Waals surface area contributed by atoms with E-state index in [0.29, 0.717) is 6.42 Å². The Bertz CT molecular complexity index is 253. The van der Waals surface area contributed by atoms with E-state index >= 15 is 0 Å². The topological polar surface area (TPSA) is 56.9 Å². The zero-order valence-electron chi connectivity index (χ0n) is 5.94. The smallest absolute Gasteiger partial charge is 0.144 e. The molecule has 0 aliphatic carbocycles. The number of hydrogen-bond donors (Lipinski definition) is 1. The maximum absolute atomic E-state index is 8.92. The van der Waals surface area contributed by atoms with E-state index in [1.165, 1.54) is 0 Å². The summed E-state index contributed by atoms with van der Waals surface area (Å²) >= 11 is 0. The summed E-state index contributed by atoms with van der Waals surface area (Å²) in [6.45, 7) is 0. The molecule has 11 heavy (non-hydrogen) atoms. The molecule has 0 amide bonds. The monoisotopic (exact) mass is 148 g/mol. The molecule has 1 aromatic heterocycles. The number of rotatable bonds is 2. The van der Waals surface area contributed by atoms with Gasteiger partial charge in [-0.25, -0.2) is 0 Å². The van der Waals surface area contributed by atoms with E-state index < -0.39 is 6.10 Å². The van der Waals surface area contributed by atoms with Crippen LogP contribution in [0, 0.1) is 11.3 Å². The molecular formula is C8H8N2O. The first kappa shape index (κ1) is 7.70. The molecule has 1 unspecified atom stereocenters. The molecule has 0 radical (unpaired) electrons. The first-order chi connectivity index (χ1) is 5.33. The summed E-state index contributed by atoms with van der Waals surface area (Å²) in [5.74, 6) is 0. The van der Waals surface area contributed by atoms with E-state index in [1.807, 2.05) is 6.07 Å².